The molecule has 0 aliphatic heterocycles. The minimum atomic E-state index is 0.115. The average Bonchev–Trinajstić information content (AvgIpc) is 2.47. The van der Waals surface area contributed by atoms with Gasteiger partial charge in [-0.05, 0) is 42.3 Å². The number of methoxy groups -OCH3 is 1. The fourth-order valence-corrected chi connectivity index (χ4v) is 2.32. The van der Waals surface area contributed by atoms with E-state index in [1.54, 1.807) is 18.2 Å². The van der Waals surface area contributed by atoms with Gasteiger partial charge in [-0.15, -0.1) is 0 Å². The quantitative estimate of drug-likeness (QED) is 0.846. The molecule has 0 aliphatic carbocycles. The van der Waals surface area contributed by atoms with Gasteiger partial charge in [0.25, 0.3) is 0 Å². The van der Waals surface area contributed by atoms with Crippen LogP contribution in [0, 0.1) is 0 Å². The zero-order valence-electron chi connectivity index (χ0n) is 11.9. The zero-order valence-corrected chi connectivity index (χ0v) is 13.4. The van der Waals surface area contributed by atoms with Crippen molar-refractivity contribution in [3.8, 4) is 11.5 Å². The first kappa shape index (κ1) is 16.0. The van der Waals surface area contributed by atoms with E-state index in [0.29, 0.717) is 22.3 Å². The van der Waals surface area contributed by atoms with Crippen molar-refractivity contribution in [2.24, 2.45) is 0 Å². The van der Waals surface area contributed by atoms with E-state index in [0.717, 1.165) is 11.1 Å². The van der Waals surface area contributed by atoms with Gasteiger partial charge < -0.3 is 15.2 Å². The summed E-state index contributed by atoms with van der Waals surface area (Å²) in [5.74, 6) is 0.607. The van der Waals surface area contributed by atoms with Crippen LogP contribution < -0.4 is 10.1 Å². The summed E-state index contributed by atoms with van der Waals surface area (Å²) in [5.41, 5.74) is 2.03. The normalized spacial score (nSPS) is 12.2. The van der Waals surface area contributed by atoms with E-state index < -0.39 is 0 Å². The lowest BCUT2D eigenvalue weighted by molar-refractivity contribution is 0.373. The van der Waals surface area contributed by atoms with Crippen LogP contribution in [-0.2, 0) is 6.54 Å². The highest BCUT2D eigenvalue weighted by Crippen LogP contribution is 2.27. The van der Waals surface area contributed by atoms with E-state index in [2.05, 4.69) is 5.32 Å². The monoisotopic (exact) mass is 325 g/mol. The van der Waals surface area contributed by atoms with Crippen LogP contribution in [0.4, 0.5) is 0 Å². The molecular weight excluding hydrogens is 309 g/mol. The molecule has 0 aromatic heterocycles. The molecule has 0 saturated heterocycles. The van der Waals surface area contributed by atoms with Crippen LogP contribution >= 0.6 is 23.2 Å². The third-order valence-electron chi connectivity index (χ3n) is 3.30. The summed E-state index contributed by atoms with van der Waals surface area (Å²) >= 11 is 11.9. The van der Waals surface area contributed by atoms with Gasteiger partial charge in [0.2, 0.25) is 0 Å². The van der Waals surface area contributed by atoms with Gasteiger partial charge in [-0.3, -0.25) is 0 Å². The Balaban J connectivity index is 2.01. The van der Waals surface area contributed by atoms with Crippen LogP contribution in [0.1, 0.15) is 24.1 Å². The lowest BCUT2D eigenvalue weighted by atomic mass is 10.1. The van der Waals surface area contributed by atoms with E-state index in [1.165, 1.54) is 7.11 Å². The Morgan fingerprint density at radius 3 is 2.52 bits per heavy atom. The minimum Gasteiger partial charge on any atom is -0.504 e. The molecule has 0 saturated carbocycles. The highest BCUT2D eigenvalue weighted by molar-refractivity contribution is 6.42. The van der Waals surface area contributed by atoms with E-state index in [1.807, 2.05) is 25.1 Å². The van der Waals surface area contributed by atoms with Crippen molar-refractivity contribution < 1.29 is 9.84 Å². The molecule has 0 heterocycles. The number of hydrogen-bond acceptors (Lipinski definition) is 3. The predicted octanol–water partition coefficient (Wildman–Crippen LogP) is 4.56. The Morgan fingerprint density at radius 2 is 1.90 bits per heavy atom. The Labute approximate surface area is 134 Å². The first-order valence-corrected chi connectivity index (χ1v) is 7.31. The van der Waals surface area contributed by atoms with Gasteiger partial charge in [-0.1, -0.05) is 35.3 Å². The minimum absolute atomic E-state index is 0.115. The molecule has 1 atom stereocenters. The molecule has 0 spiro atoms. The molecule has 112 valence electrons. The van der Waals surface area contributed by atoms with Gasteiger partial charge in [0.1, 0.15) is 0 Å². The summed E-state index contributed by atoms with van der Waals surface area (Å²) in [6.07, 6.45) is 0. The maximum Gasteiger partial charge on any atom is 0.160 e. The van der Waals surface area contributed by atoms with E-state index in [4.69, 9.17) is 27.9 Å². The van der Waals surface area contributed by atoms with Crippen LogP contribution in [0.15, 0.2) is 36.4 Å². The topological polar surface area (TPSA) is 41.5 Å². The smallest absolute Gasteiger partial charge is 0.160 e. The Hall–Kier alpha value is -1.42. The molecule has 2 N–H and O–H groups in total. The number of nitrogens with one attached hydrogen (secondary N) is 1. The lowest BCUT2D eigenvalue weighted by Crippen LogP contribution is -2.18. The van der Waals surface area contributed by atoms with Crippen molar-refractivity contribution in [1.29, 1.82) is 0 Å². The summed E-state index contributed by atoms with van der Waals surface area (Å²) in [7, 11) is 1.53. The summed E-state index contributed by atoms with van der Waals surface area (Å²) in [4.78, 5) is 0. The SMILES string of the molecule is COc1ccc(CNC(C)c2ccc(Cl)c(Cl)c2)cc1O. The second-order valence-corrected chi connectivity index (χ2v) is 5.60. The van der Waals surface area contributed by atoms with Crippen LogP contribution in [-0.4, -0.2) is 12.2 Å². The maximum absolute atomic E-state index is 9.76. The first-order valence-electron chi connectivity index (χ1n) is 6.55. The molecule has 2 aromatic rings. The second kappa shape index (κ2) is 7.03. The van der Waals surface area contributed by atoms with Gasteiger partial charge in [0.05, 0.1) is 17.2 Å². The fraction of sp³-hybridized carbons (Fsp3) is 0.250. The summed E-state index contributed by atoms with van der Waals surface area (Å²) < 4.78 is 5.02. The summed E-state index contributed by atoms with van der Waals surface area (Å²) in [6, 6.07) is 11.0. The predicted molar refractivity (Wildman–Crippen MR) is 86.4 cm³/mol. The number of rotatable bonds is 5. The number of aromatic hydroxyl groups is 1. The van der Waals surface area contributed by atoms with Crippen LogP contribution in [0.3, 0.4) is 0 Å². The number of halogens is 2. The first-order chi connectivity index (χ1) is 10.0. The van der Waals surface area contributed by atoms with E-state index in [9.17, 15) is 5.11 Å². The maximum atomic E-state index is 9.76. The highest BCUT2D eigenvalue weighted by atomic mass is 35.5. The molecule has 0 aliphatic rings. The van der Waals surface area contributed by atoms with Gasteiger partial charge in [-0.25, -0.2) is 0 Å². The van der Waals surface area contributed by atoms with E-state index in [-0.39, 0.29) is 11.8 Å². The standard InChI is InChI=1S/C16H17Cl2NO2/c1-10(12-4-5-13(17)14(18)8-12)19-9-11-3-6-16(21-2)15(20)7-11/h3-8,10,19-20H,9H2,1-2H3. The molecule has 1 unspecified atom stereocenters. The van der Waals surface area contributed by atoms with Crippen molar-refractivity contribution >= 4 is 23.2 Å². The molecule has 5 heteroatoms. The molecule has 0 amide bonds. The van der Waals surface area contributed by atoms with Crippen molar-refractivity contribution in [2.45, 2.75) is 19.5 Å². The summed E-state index contributed by atoms with van der Waals surface area (Å²) in [5, 5.41) is 14.2. The zero-order chi connectivity index (χ0) is 15.4. The molecule has 0 fully saturated rings. The second-order valence-electron chi connectivity index (χ2n) is 4.78. The van der Waals surface area contributed by atoms with Crippen LogP contribution in [0.25, 0.3) is 0 Å². The third kappa shape index (κ3) is 4.03. The molecule has 0 bridgehead atoms. The third-order valence-corrected chi connectivity index (χ3v) is 4.04. The number of ether oxygens (including phenoxy) is 1. The van der Waals surface area contributed by atoms with Crippen molar-refractivity contribution in [3.05, 3.63) is 57.6 Å². The largest absolute Gasteiger partial charge is 0.504 e. The number of phenols is 1. The average molecular weight is 326 g/mol. The molecule has 2 aromatic carbocycles. The Morgan fingerprint density at radius 1 is 1.14 bits per heavy atom. The molecule has 21 heavy (non-hydrogen) atoms. The summed E-state index contributed by atoms with van der Waals surface area (Å²) in [6.45, 7) is 2.67. The lowest BCUT2D eigenvalue weighted by Gasteiger charge is -2.15. The Kier molecular flexibility index (Phi) is 5.34. The van der Waals surface area contributed by atoms with E-state index >= 15 is 0 Å². The van der Waals surface area contributed by atoms with Crippen molar-refractivity contribution in [1.82, 2.24) is 5.32 Å². The van der Waals surface area contributed by atoms with Gasteiger partial charge in [0.15, 0.2) is 11.5 Å². The number of phenolic OH excluding ortho intramolecular Hbond substituents is 1. The van der Waals surface area contributed by atoms with Gasteiger partial charge in [-0.2, -0.15) is 0 Å². The number of benzene rings is 2. The van der Waals surface area contributed by atoms with Crippen LogP contribution in [0.2, 0.25) is 10.0 Å². The van der Waals surface area contributed by atoms with Crippen molar-refractivity contribution in [3.63, 3.8) is 0 Å². The van der Waals surface area contributed by atoms with Gasteiger partial charge >= 0.3 is 0 Å². The molecule has 2 rings (SSSR count). The Bertz CT molecular complexity index is 632. The van der Waals surface area contributed by atoms with Gasteiger partial charge in [0, 0.05) is 12.6 Å². The molecule has 0 radical (unpaired) electrons. The highest BCUT2D eigenvalue weighted by Gasteiger charge is 2.08. The molecule has 3 nitrogen and oxygen atoms in total. The molecular formula is C16H17Cl2NO2. The van der Waals surface area contributed by atoms with Crippen LogP contribution in [0.5, 0.6) is 11.5 Å². The number of hydrogen-bond donors (Lipinski definition) is 2. The van der Waals surface area contributed by atoms with Crippen molar-refractivity contribution in [2.75, 3.05) is 7.11 Å². The fourth-order valence-electron chi connectivity index (χ4n) is 2.02.